The number of amides is 1. The van der Waals surface area contributed by atoms with Crippen LogP contribution in [0, 0.1) is 29.4 Å². The summed E-state index contributed by atoms with van der Waals surface area (Å²) in [5, 5.41) is 13.7. The van der Waals surface area contributed by atoms with Crippen LogP contribution in [-0.2, 0) is 4.79 Å². The molecule has 1 aliphatic carbocycles. The fraction of sp³-hybridized carbons (Fsp3) is 0.462. The summed E-state index contributed by atoms with van der Waals surface area (Å²) < 4.78 is 0. The summed E-state index contributed by atoms with van der Waals surface area (Å²) in [4.78, 5) is 22.5. The second-order valence-corrected chi connectivity index (χ2v) is 5.15. The minimum atomic E-state index is -0.428. The van der Waals surface area contributed by atoms with E-state index >= 15 is 0 Å². The second kappa shape index (κ2) is 4.62. The van der Waals surface area contributed by atoms with Gasteiger partial charge in [-0.2, -0.15) is 0 Å². The summed E-state index contributed by atoms with van der Waals surface area (Å²) >= 11 is 0. The highest BCUT2D eigenvalue weighted by molar-refractivity contribution is 5.98. The van der Waals surface area contributed by atoms with Crippen LogP contribution in [0.25, 0.3) is 0 Å². The number of nitrogens with two attached hydrogens (primary N) is 1. The molecule has 1 aromatic rings. The molecule has 0 heterocycles. The molecule has 1 fully saturated rings. The maximum Gasteiger partial charge on any atom is 0.272 e. The van der Waals surface area contributed by atoms with Gasteiger partial charge in [-0.05, 0) is 38.3 Å². The summed E-state index contributed by atoms with van der Waals surface area (Å²) in [5.74, 6) is -0.0913. The van der Waals surface area contributed by atoms with Crippen molar-refractivity contribution in [1.82, 2.24) is 0 Å². The number of nitro benzene ring substituents is 1. The van der Waals surface area contributed by atoms with E-state index in [0.29, 0.717) is 23.4 Å². The Balaban J connectivity index is 2.24. The first-order chi connectivity index (χ1) is 8.89. The molecule has 0 unspecified atom stereocenters. The minimum absolute atomic E-state index is 0.0652. The lowest BCUT2D eigenvalue weighted by Gasteiger charge is -2.15. The Bertz CT molecular complexity index is 550. The van der Waals surface area contributed by atoms with Gasteiger partial charge in [0.1, 0.15) is 0 Å². The third kappa shape index (κ3) is 2.44. The van der Waals surface area contributed by atoms with E-state index in [1.54, 1.807) is 19.9 Å². The number of carbonyl (C=O) groups excluding carboxylic acids is 1. The van der Waals surface area contributed by atoms with Gasteiger partial charge in [0.2, 0.25) is 5.91 Å². The molecule has 6 nitrogen and oxygen atoms in total. The molecule has 1 aliphatic rings. The van der Waals surface area contributed by atoms with Crippen molar-refractivity contribution in [3.05, 3.63) is 33.4 Å². The largest absolute Gasteiger partial charge is 0.329 e. The molecule has 1 saturated carbocycles. The number of nitrogens with one attached hydrogen (secondary N) is 1. The first-order valence-electron chi connectivity index (χ1n) is 6.17. The number of anilines is 1. The maximum absolute atomic E-state index is 12.1. The van der Waals surface area contributed by atoms with Crippen molar-refractivity contribution in [2.75, 3.05) is 11.9 Å². The molecule has 1 aromatic carbocycles. The van der Waals surface area contributed by atoms with Gasteiger partial charge in [-0.1, -0.05) is 0 Å². The highest BCUT2D eigenvalue weighted by Gasteiger charge is 2.48. The predicted molar refractivity (Wildman–Crippen MR) is 71.9 cm³/mol. The summed E-state index contributed by atoms with van der Waals surface area (Å²) in [7, 11) is 0. The molecule has 0 aliphatic heterocycles. The molecule has 0 spiro atoms. The van der Waals surface area contributed by atoms with Gasteiger partial charge in [0.05, 0.1) is 10.3 Å². The summed E-state index contributed by atoms with van der Waals surface area (Å²) in [6, 6.07) is 3.12. The fourth-order valence-electron chi connectivity index (χ4n) is 2.06. The van der Waals surface area contributed by atoms with E-state index in [0.717, 1.165) is 12.8 Å². The van der Waals surface area contributed by atoms with E-state index in [4.69, 9.17) is 5.73 Å². The SMILES string of the molecule is Cc1cc([N+](=O)[O-])c(C)cc1NC(=O)C1(CN)CC1. The van der Waals surface area contributed by atoms with Crippen molar-refractivity contribution in [2.24, 2.45) is 11.1 Å². The van der Waals surface area contributed by atoms with Gasteiger partial charge >= 0.3 is 0 Å². The molecule has 1 amide bonds. The molecule has 6 heteroatoms. The van der Waals surface area contributed by atoms with Crippen molar-refractivity contribution < 1.29 is 9.72 Å². The normalized spacial score (nSPS) is 15.9. The van der Waals surface area contributed by atoms with E-state index in [9.17, 15) is 14.9 Å². The molecule has 3 N–H and O–H groups in total. The first-order valence-corrected chi connectivity index (χ1v) is 6.17. The van der Waals surface area contributed by atoms with E-state index in [1.165, 1.54) is 6.07 Å². The van der Waals surface area contributed by atoms with E-state index < -0.39 is 10.3 Å². The van der Waals surface area contributed by atoms with Gasteiger partial charge < -0.3 is 11.1 Å². The van der Waals surface area contributed by atoms with Crippen molar-refractivity contribution in [1.29, 1.82) is 0 Å². The van der Waals surface area contributed by atoms with Crippen LogP contribution in [0.1, 0.15) is 24.0 Å². The number of nitrogens with zero attached hydrogens (tertiary/aromatic N) is 1. The second-order valence-electron chi connectivity index (χ2n) is 5.15. The molecule has 0 aromatic heterocycles. The lowest BCUT2D eigenvalue weighted by atomic mass is 10.0. The van der Waals surface area contributed by atoms with E-state index in [2.05, 4.69) is 5.32 Å². The van der Waals surface area contributed by atoms with Gasteiger partial charge in [0.25, 0.3) is 5.69 Å². The lowest BCUT2D eigenvalue weighted by molar-refractivity contribution is -0.385. The number of nitro groups is 1. The van der Waals surface area contributed by atoms with Crippen LogP contribution in [0.5, 0.6) is 0 Å². The van der Waals surface area contributed by atoms with Gasteiger partial charge in [-0.25, -0.2) is 0 Å². The predicted octanol–water partition coefficient (Wildman–Crippen LogP) is 1.89. The summed E-state index contributed by atoms with van der Waals surface area (Å²) in [5.41, 5.74) is 7.07. The Kier molecular flexibility index (Phi) is 3.28. The number of rotatable bonds is 4. The molecule has 0 radical (unpaired) electrons. The maximum atomic E-state index is 12.1. The number of hydrogen-bond acceptors (Lipinski definition) is 4. The van der Waals surface area contributed by atoms with Crippen LogP contribution in [-0.4, -0.2) is 17.4 Å². The van der Waals surface area contributed by atoms with Crippen molar-refractivity contribution in [3.8, 4) is 0 Å². The fourth-order valence-corrected chi connectivity index (χ4v) is 2.06. The zero-order valence-electron chi connectivity index (χ0n) is 11.0. The van der Waals surface area contributed by atoms with Crippen LogP contribution in [0.3, 0.4) is 0 Å². The van der Waals surface area contributed by atoms with Gasteiger partial charge in [0.15, 0.2) is 0 Å². The standard InChI is InChI=1S/C13H17N3O3/c1-8-6-11(16(18)19)9(2)5-10(8)15-12(17)13(7-14)3-4-13/h5-6H,3-4,7,14H2,1-2H3,(H,15,17). The zero-order valence-corrected chi connectivity index (χ0v) is 11.0. The first kappa shape index (κ1) is 13.5. The average Bonchev–Trinajstić information content (AvgIpc) is 3.13. The molecule has 2 rings (SSSR count). The van der Waals surface area contributed by atoms with Crippen molar-refractivity contribution in [3.63, 3.8) is 0 Å². The van der Waals surface area contributed by atoms with Crippen LogP contribution in [0.2, 0.25) is 0 Å². The lowest BCUT2D eigenvalue weighted by Crippen LogP contribution is -2.31. The van der Waals surface area contributed by atoms with Crippen molar-refractivity contribution in [2.45, 2.75) is 26.7 Å². The third-order valence-electron chi connectivity index (χ3n) is 3.71. The van der Waals surface area contributed by atoms with E-state index in [-0.39, 0.29) is 11.6 Å². The van der Waals surface area contributed by atoms with Crippen LogP contribution in [0.15, 0.2) is 12.1 Å². The summed E-state index contributed by atoms with van der Waals surface area (Å²) in [6.07, 6.45) is 1.61. The molecular weight excluding hydrogens is 246 g/mol. The monoisotopic (exact) mass is 263 g/mol. The Hall–Kier alpha value is -1.95. The molecule has 102 valence electrons. The van der Waals surface area contributed by atoms with Crippen molar-refractivity contribution >= 4 is 17.3 Å². The smallest absolute Gasteiger partial charge is 0.272 e. The van der Waals surface area contributed by atoms with Crippen LogP contribution in [0.4, 0.5) is 11.4 Å². The Morgan fingerprint density at radius 1 is 1.42 bits per heavy atom. The Morgan fingerprint density at radius 2 is 2.05 bits per heavy atom. The van der Waals surface area contributed by atoms with Gasteiger partial charge in [0, 0.05) is 23.9 Å². The number of hydrogen-bond donors (Lipinski definition) is 2. The van der Waals surface area contributed by atoms with Crippen LogP contribution < -0.4 is 11.1 Å². The molecule has 0 bridgehead atoms. The zero-order chi connectivity index (χ0) is 14.2. The third-order valence-corrected chi connectivity index (χ3v) is 3.71. The highest BCUT2D eigenvalue weighted by Crippen LogP contribution is 2.45. The Morgan fingerprint density at radius 3 is 2.53 bits per heavy atom. The minimum Gasteiger partial charge on any atom is -0.329 e. The number of carbonyl (C=O) groups is 1. The molecule has 0 atom stereocenters. The number of benzene rings is 1. The topological polar surface area (TPSA) is 98.3 Å². The average molecular weight is 263 g/mol. The van der Waals surface area contributed by atoms with Gasteiger partial charge in [-0.15, -0.1) is 0 Å². The van der Waals surface area contributed by atoms with E-state index in [1.807, 2.05) is 0 Å². The molecule has 19 heavy (non-hydrogen) atoms. The van der Waals surface area contributed by atoms with Crippen LogP contribution >= 0.6 is 0 Å². The summed E-state index contributed by atoms with van der Waals surface area (Å²) in [6.45, 7) is 3.73. The highest BCUT2D eigenvalue weighted by atomic mass is 16.6. The van der Waals surface area contributed by atoms with Gasteiger partial charge in [-0.3, -0.25) is 14.9 Å². The molecular formula is C13H17N3O3. The number of aryl methyl sites for hydroxylation is 2. The quantitative estimate of drug-likeness (QED) is 0.640. The molecule has 0 saturated heterocycles. The Labute approximate surface area is 111 Å².